The minimum atomic E-state index is -1.46. The van der Waals surface area contributed by atoms with Gasteiger partial charge < -0.3 is 10.4 Å². The van der Waals surface area contributed by atoms with Gasteiger partial charge in [0.2, 0.25) is 5.91 Å². The van der Waals surface area contributed by atoms with Gasteiger partial charge in [0.1, 0.15) is 5.69 Å². The summed E-state index contributed by atoms with van der Waals surface area (Å²) in [6, 6.07) is 0.474. The number of phenolic OH excluding ortho intramolecular Hbond substituents is 1. The van der Waals surface area contributed by atoms with Crippen LogP contribution in [0.2, 0.25) is 0 Å². The summed E-state index contributed by atoms with van der Waals surface area (Å²) in [6.07, 6.45) is 0. The molecule has 0 aromatic heterocycles. The van der Waals surface area contributed by atoms with Crippen molar-refractivity contribution in [2.75, 3.05) is 5.32 Å². The van der Waals surface area contributed by atoms with E-state index < -0.39 is 49.2 Å². The molecule has 12 heteroatoms. The second-order valence-electron chi connectivity index (χ2n) is 3.44. The van der Waals surface area contributed by atoms with Crippen LogP contribution in [0.15, 0.2) is 6.07 Å². The highest BCUT2D eigenvalue weighted by Gasteiger charge is 2.39. The Bertz CT molecular complexity index is 640. The number of rotatable bonds is 4. The molecule has 1 aromatic carbocycles. The second kappa shape index (κ2) is 5.13. The number of hydrogen-bond donors (Lipinski definition) is 2. The molecule has 0 atom stereocenters. The van der Waals surface area contributed by atoms with Gasteiger partial charge in [0.15, 0.2) is 0 Å². The number of phenols is 1. The standard InChI is InChI=1S/C8H6N4O8/c1-3(13)9-4-2-5(10(15)16)8(14)7(12(19)20)6(4)11(17)18/h2,14H,1H3,(H,9,13). The van der Waals surface area contributed by atoms with Crippen LogP contribution in [0.3, 0.4) is 0 Å². The molecule has 2 N–H and O–H groups in total. The van der Waals surface area contributed by atoms with Gasteiger partial charge in [-0.2, -0.15) is 0 Å². The highest BCUT2D eigenvalue weighted by Crippen LogP contribution is 2.47. The first-order chi connectivity index (χ1) is 9.16. The van der Waals surface area contributed by atoms with Crippen LogP contribution in [0.25, 0.3) is 0 Å². The minimum Gasteiger partial charge on any atom is -0.497 e. The number of nitrogens with zero attached hydrogens (tertiary/aromatic N) is 3. The molecule has 0 heterocycles. The Balaban J connectivity index is 3.81. The van der Waals surface area contributed by atoms with Crippen molar-refractivity contribution in [3.63, 3.8) is 0 Å². The normalized spacial score (nSPS) is 9.85. The first-order valence-electron chi connectivity index (χ1n) is 4.77. The molecule has 0 spiro atoms. The number of amides is 1. The first kappa shape index (κ1) is 14.7. The summed E-state index contributed by atoms with van der Waals surface area (Å²) in [4.78, 5) is 39.4. The molecular formula is C8H6N4O8. The van der Waals surface area contributed by atoms with E-state index in [2.05, 4.69) is 0 Å². The number of nitro groups is 3. The molecule has 0 fully saturated rings. The fourth-order valence-electron chi connectivity index (χ4n) is 1.42. The van der Waals surface area contributed by atoms with E-state index >= 15 is 0 Å². The average molecular weight is 286 g/mol. The molecule has 1 aromatic rings. The van der Waals surface area contributed by atoms with Crippen LogP contribution < -0.4 is 5.32 Å². The molecule has 106 valence electrons. The van der Waals surface area contributed by atoms with E-state index in [9.17, 15) is 40.2 Å². The van der Waals surface area contributed by atoms with Crippen molar-refractivity contribution in [3.05, 3.63) is 36.4 Å². The van der Waals surface area contributed by atoms with Crippen LogP contribution in [0.4, 0.5) is 22.7 Å². The van der Waals surface area contributed by atoms with Crippen molar-refractivity contribution in [1.82, 2.24) is 0 Å². The van der Waals surface area contributed by atoms with Crippen LogP contribution in [0, 0.1) is 30.3 Å². The SMILES string of the molecule is CC(=O)Nc1cc([N+](=O)[O-])c(O)c([N+](=O)[O-])c1[N+](=O)[O-]. The Labute approximate surface area is 109 Å². The Morgan fingerprint density at radius 2 is 1.60 bits per heavy atom. The molecule has 0 saturated heterocycles. The molecule has 0 radical (unpaired) electrons. The number of carbonyl (C=O) groups is 1. The quantitative estimate of drug-likeness (QED) is 0.468. The van der Waals surface area contributed by atoms with Gasteiger partial charge in [0, 0.05) is 6.92 Å². The Hall–Kier alpha value is -3.31. The van der Waals surface area contributed by atoms with Gasteiger partial charge in [-0.05, 0) is 0 Å². The number of hydrogen-bond acceptors (Lipinski definition) is 8. The molecule has 0 aliphatic rings. The Kier molecular flexibility index (Phi) is 3.78. The van der Waals surface area contributed by atoms with Gasteiger partial charge in [0.05, 0.1) is 20.8 Å². The molecular weight excluding hydrogens is 280 g/mol. The van der Waals surface area contributed by atoms with E-state index in [0.29, 0.717) is 6.07 Å². The minimum absolute atomic E-state index is 0.474. The molecule has 1 rings (SSSR count). The maximum atomic E-state index is 10.9. The lowest BCUT2D eigenvalue weighted by molar-refractivity contribution is -0.424. The summed E-state index contributed by atoms with van der Waals surface area (Å²) in [5, 5.41) is 43.5. The lowest BCUT2D eigenvalue weighted by Crippen LogP contribution is -2.10. The Morgan fingerprint density at radius 1 is 1.10 bits per heavy atom. The summed E-state index contributed by atoms with van der Waals surface area (Å²) >= 11 is 0. The molecule has 0 unspecified atom stereocenters. The summed E-state index contributed by atoms with van der Waals surface area (Å²) in [6.45, 7) is 0.953. The van der Waals surface area contributed by atoms with Crippen molar-refractivity contribution >= 4 is 28.7 Å². The van der Waals surface area contributed by atoms with Gasteiger partial charge in [-0.3, -0.25) is 35.1 Å². The fourth-order valence-corrected chi connectivity index (χ4v) is 1.42. The van der Waals surface area contributed by atoms with Gasteiger partial charge in [-0.25, -0.2) is 0 Å². The smallest absolute Gasteiger partial charge is 0.396 e. The monoisotopic (exact) mass is 286 g/mol. The predicted molar refractivity (Wildman–Crippen MR) is 62.4 cm³/mol. The topological polar surface area (TPSA) is 179 Å². The van der Waals surface area contributed by atoms with E-state index in [4.69, 9.17) is 0 Å². The summed E-state index contributed by atoms with van der Waals surface area (Å²) in [7, 11) is 0. The third-order valence-electron chi connectivity index (χ3n) is 2.10. The van der Waals surface area contributed by atoms with E-state index in [1.807, 2.05) is 5.32 Å². The first-order valence-corrected chi connectivity index (χ1v) is 4.77. The number of anilines is 1. The second-order valence-corrected chi connectivity index (χ2v) is 3.44. The van der Waals surface area contributed by atoms with Crippen molar-refractivity contribution in [2.24, 2.45) is 0 Å². The zero-order chi connectivity index (χ0) is 15.6. The number of carbonyl (C=O) groups excluding carboxylic acids is 1. The molecule has 0 aliphatic heterocycles. The highest BCUT2D eigenvalue weighted by atomic mass is 16.6. The van der Waals surface area contributed by atoms with Crippen LogP contribution in [0.1, 0.15) is 6.92 Å². The average Bonchev–Trinajstić information content (AvgIpc) is 2.28. The summed E-state index contributed by atoms with van der Waals surface area (Å²) < 4.78 is 0. The van der Waals surface area contributed by atoms with Gasteiger partial charge in [0.25, 0.3) is 5.75 Å². The van der Waals surface area contributed by atoms with Crippen molar-refractivity contribution in [3.8, 4) is 5.75 Å². The van der Waals surface area contributed by atoms with Crippen LogP contribution >= 0.6 is 0 Å². The lowest BCUT2D eigenvalue weighted by atomic mass is 10.2. The molecule has 0 saturated carbocycles. The predicted octanol–water partition coefficient (Wildman–Crippen LogP) is 1.08. The molecule has 1 amide bonds. The molecule has 0 bridgehead atoms. The van der Waals surface area contributed by atoms with Crippen LogP contribution in [0.5, 0.6) is 5.75 Å². The zero-order valence-corrected chi connectivity index (χ0v) is 9.72. The maximum Gasteiger partial charge on any atom is 0.396 e. The van der Waals surface area contributed by atoms with Crippen molar-refractivity contribution < 1.29 is 24.7 Å². The largest absolute Gasteiger partial charge is 0.497 e. The van der Waals surface area contributed by atoms with Gasteiger partial charge >= 0.3 is 17.1 Å². The van der Waals surface area contributed by atoms with E-state index in [1.165, 1.54) is 0 Å². The lowest BCUT2D eigenvalue weighted by Gasteiger charge is -2.05. The number of benzene rings is 1. The van der Waals surface area contributed by atoms with Crippen molar-refractivity contribution in [2.45, 2.75) is 6.92 Å². The van der Waals surface area contributed by atoms with E-state index in [-0.39, 0.29) is 0 Å². The molecule has 20 heavy (non-hydrogen) atoms. The van der Waals surface area contributed by atoms with Crippen LogP contribution in [-0.4, -0.2) is 25.8 Å². The summed E-state index contributed by atoms with van der Waals surface area (Å²) in [5.41, 5.74) is -4.59. The van der Waals surface area contributed by atoms with Crippen molar-refractivity contribution in [1.29, 1.82) is 0 Å². The maximum absolute atomic E-state index is 10.9. The van der Waals surface area contributed by atoms with Crippen LogP contribution in [-0.2, 0) is 4.79 Å². The third kappa shape index (κ3) is 2.58. The molecule has 12 nitrogen and oxygen atoms in total. The third-order valence-corrected chi connectivity index (χ3v) is 2.10. The molecule has 0 aliphatic carbocycles. The highest BCUT2D eigenvalue weighted by molar-refractivity contribution is 5.95. The fraction of sp³-hybridized carbons (Fsp3) is 0.125. The number of nitro benzene ring substituents is 3. The zero-order valence-electron chi connectivity index (χ0n) is 9.72. The van der Waals surface area contributed by atoms with E-state index in [1.54, 1.807) is 0 Å². The van der Waals surface area contributed by atoms with Gasteiger partial charge in [-0.1, -0.05) is 0 Å². The van der Waals surface area contributed by atoms with E-state index in [0.717, 1.165) is 6.92 Å². The number of aromatic hydroxyl groups is 1. The number of nitrogens with one attached hydrogen (secondary N) is 1. The Morgan fingerprint density at radius 3 is 1.95 bits per heavy atom. The summed E-state index contributed by atoms with van der Waals surface area (Å²) in [5.74, 6) is -2.29. The van der Waals surface area contributed by atoms with Gasteiger partial charge in [-0.15, -0.1) is 0 Å².